The number of ether oxygens (including phenoxy) is 1. The van der Waals surface area contributed by atoms with Gasteiger partial charge >= 0.3 is 5.69 Å². The summed E-state index contributed by atoms with van der Waals surface area (Å²) in [6, 6.07) is 14.9. The molecule has 0 amide bonds. The molecule has 9 heteroatoms. The molecule has 0 unspecified atom stereocenters. The minimum atomic E-state index is -0.408. The number of rotatable bonds is 4. The molecule has 2 aromatic carbocycles. The molecule has 0 aliphatic carbocycles. The minimum absolute atomic E-state index is 0.144. The fourth-order valence-electron chi connectivity index (χ4n) is 4.23. The number of imidazole rings is 1. The largest absolute Gasteiger partial charge is 0.497 e. The van der Waals surface area contributed by atoms with Crippen molar-refractivity contribution in [3.8, 4) is 5.75 Å². The van der Waals surface area contributed by atoms with Crippen LogP contribution >= 0.6 is 11.6 Å². The van der Waals surface area contributed by atoms with E-state index in [4.69, 9.17) is 21.3 Å². The molecule has 1 aliphatic rings. The van der Waals surface area contributed by atoms with Crippen molar-refractivity contribution in [2.24, 2.45) is 7.05 Å². The first kappa shape index (κ1) is 20.4. The summed E-state index contributed by atoms with van der Waals surface area (Å²) in [7, 11) is 3.28. The number of anilines is 2. The predicted molar refractivity (Wildman–Crippen MR) is 124 cm³/mol. The van der Waals surface area contributed by atoms with E-state index >= 15 is 0 Å². The summed E-state index contributed by atoms with van der Waals surface area (Å²) in [5, 5.41) is 0.560. The van der Waals surface area contributed by atoms with Gasteiger partial charge in [-0.05, 0) is 48.4 Å². The molecule has 0 atom stereocenters. The highest BCUT2D eigenvalue weighted by molar-refractivity contribution is 6.30. The second kappa shape index (κ2) is 7.87. The fraction of sp³-hybridized carbons (Fsp3) is 0.261. The summed E-state index contributed by atoms with van der Waals surface area (Å²) in [4.78, 5) is 33.3. The first-order valence-corrected chi connectivity index (χ1v) is 10.7. The van der Waals surface area contributed by atoms with E-state index in [1.807, 2.05) is 34.9 Å². The maximum absolute atomic E-state index is 13.5. The van der Waals surface area contributed by atoms with Crippen LogP contribution in [0, 0.1) is 0 Å². The Labute approximate surface area is 188 Å². The van der Waals surface area contributed by atoms with E-state index in [0.717, 1.165) is 30.0 Å². The van der Waals surface area contributed by atoms with Crippen molar-refractivity contribution in [1.82, 2.24) is 18.7 Å². The topological polar surface area (TPSA) is 74.3 Å². The molecule has 0 saturated heterocycles. The molecule has 8 nitrogen and oxygen atoms in total. The average molecular weight is 452 g/mol. The van der Waals surface area contributed by atoms with Gasteiger partial charge in [0.25, 0.3) is 5.56 Å². The zero-order valence-corrected chi connectivity index (χ0v) is 18.5. The highest BCUT2D eigenvalue weighted by atomic mass is 35.5. The maximum Gasteiger partial charge on any atom is 0.332 e. The number of benzene rings is 2. The highest BCUT2D eigenvalue weighted by Crippen LogP contribution is 2.31. The monoisotopic (exact) mass is 451 g/mol. The van der Waals surface area contributed by atoms with E-state index in [1.165, 1.54) is 9.13 Å². The Bertz CT molecular complexity index is 1440. The lowest BCUT2D eigenvalue weighted by atomic mass is 10.2. The second-order valence-electron chi connectivity index (χ2n) is 7.80. The number of halogens is 1. The van der Waals surface area contributed by atoms with Gasteiger partial charge in [-0.1, -0.05) is 23.7 Å². The Balaban J connectivity index is 1.67. The molecule has 0 saturated carbocycles. The average Bonchev–Trinajstić information content (AvgIpc) is 3.21. The number of hydrogen-bond donors (Lipinski definition) is 0. The van der Waals surface area contributed by atoms with Crippen LogP contribution in [0.1, 0.15) is 12.0 Å². The third kappa shape index (κ3) is 3.27. The summed E-state index contributed by atoms with van der Waals surface area (Å²) in [6.45, 7) is 1.56. The van der Waals surface area contributed by atoms with Crippen LogP contribution in [0.15, 0.2) is 58.1 Å². The van der Waals surface area contributed by atoms with Crippen LogP contribution in [0.5, 0.6) is 5.75 Å². The van der Waals surface area contributed by atoms with Crippen LogP contribution in [0.25, 0.3) is 11.2 Å². The Kier molecular flexibility index (Phi) is 5.01. The zero-order chi connectivity index (χ0) is 22.4. The quantitative estimate of drug-likeness (QED) is 0.476. The van der Waals surface area contributed by atoms with Crippen LogP contribution in [0.3, 0.4) is 0 Å². The lowest BCUT2D eigenvalue weighted by Gasteiger charge is -2.29. The van der Waals surface area contributed by atoms with Crippen LogP contribution in [0.2, 0.25) is 5.02 Å². The van der Waals surface area contributed by atoms with Crippen molar-refractivity contribution in [2.45, 2.75) is 19.5 Å². The lowest BCUT2D eigenvalue weighted by molar-refractivity contribution is 0.415. The molecule has 1 aliphatic heterocycles. The summed E-state index contributed by atoms with van der Waals surface area (Å²) in [5.74, 6) is 1.43. The van der Waals surface area contributed by atoms with Gasteiger partial charge in [0, 0.05) is 30.8 Å². The molecule has 0 spiro atoms. The van der Waals surface area contributed by atoms with Gasteiger partial charge in [0.2, 0.25) is 5.95 Å². The van der Waals surface area contributed by atoms with Crippen LogP contribution in [0.4, 0.5) is 11.6 Å². The summed E-state index contributed by atoms with van der Waals surface area (Å²) in [5.41, 5.74) is 1.80. The third-order valence-corrected chi connectivity index (χ3v) is 6.07. The SMILES string of the molecule is COc1ccc(N2CCCn3c2nc2c3c(=O)n(Cc3cccc(Cl)c3)c(=O)n2C)cc1. The normalized spacial score (nSPS) is 13.4. The summed E-state index contributed by atoms with van der Waals surface area (Å²) < 4.78 is 9.86. The molecule has 0 N–H and O–H groups in total. The number of nitrogens with zero attached hydrogens (tertiary/aromatic N) is 5. The molecule has 164 valence electrons. The van der Waals surface area contributed by atoms with E-state index < -0.39 is 5.69 Å². The number of methoxy groups -OCH3 is 1. The van der Waals surface area contributed by atoms with Gasteiger partial charge in [-0.2, -0.15) is 4.98 Å². The van der Waals surface area contributed by atoms with Crippen LogP contribution < -0.4 is 20.9 Å². The third-order valence-electron chi connectivity index (χ3n) is 5.83. The Morgan fingerprint density at radius 1 is 1.09 bits per heavy atom. The van der Waals surface area contributed by atoms with E-state index in [0.29, 0.717) is 28.7 Å². The summed E-state index contributed by atoms with van der Waals surface area (Å²) >= 11 is 6.09. The van der Waals surface area contributed by atoms with Crippen molar-refractivity contribution < 1.29 is 4.74 Å². The van der Waals surface area contributed by atoms with E-state index in [2.05, 4.69) is 4.90 Å². The van der Waals surface area contributed by atoms with E-state index in [1.54, 1.807) is 32.4 Å². The van der Waals surface area contributed by atoms with Gasteiger partial charge in [0.1, 0.15) is 5.75 Å². The minimum Gasteiger partial charge on any atom is -0.497 e. The lowest BCUT2D eigenvalue weighted by Crippen LogP contribution is -2.40. The molecule has 0 fully saturated rings. The standard InChI is InChI=1S/C23H22ClN5O3/c1-26-20-19(21(30)29(23(26)31)14-15-5-3-6-16(24)13-15)28-12-4-11-27(22(28)25-20)17-7-9-18(32-2)10-8-17/h3,5-10,13H,4,11-12,14H2,1-2H3. The summed E-state index contributed by atoms with van der Waals surface area (Å²) in [6.07, 6.45) is 0.848. The van der Waals surface area contributed by atoms with Crippen molar-refractivity contribution in [3.05, 3.63) is 80.0 Å². The number of hydrogen-bond acceptors (Lipinski definition) is 5. The van der Waals surface area contributed by atoms with Crippen molar-refractivity contribution in [2.75, 3.05) is 18.6 Å². The second-order valence-corrected chi connectivity index (χ2v) is 8.24. The Morgan fingerprint density at radius 2 is 1.88 bits per heavy atom. The fourth-order valence-corrected chi connectivity index (χ4v) is 4.44. The van der Waals surface area contributed by atoms with Gasteiger partial charge in [0.15, 0.2) is 11.2 Å². The molecule has 0 bridgehead atoms. The highest BCUT2D eigenvalue weighted by Gasteiger charge is 2.27. The van der Waals surface area contributed by atoms with Crippen molar-refractivity contribution in [3.63, 3.8) is 0 Å². The smallest absolute Gasteiger partial charge is 0.332 e. The number of aromatic nitrogens is 4. The Morgan fingerprint density at radius 3 is 2.59 bits per heavy atom. The van der Waals surface area contributed by atoms with Gasteiger partial charge in [-0.25, -0.2) is 4.79 Å². The van der Waals surface area contributed by atoms with Gasteiger partial charge in [-0.3, -0.25) is 13.9 Å². The molecule has 2 aromatic heterocycles. The van der Waals surface area contributed by atoms with Crippen molar-refractivity contribution >= 4 is 34.4 Å². The Hall–Kier alpha value is -3.52. The number of aryl methyl sites for hydroxylation is 2. The zero-order valence-electron chi connectivity index (χ0n) is 17.8. The molecule has 32 heavy (non-hydrogen) atoms. The van der Waals surface area contributed by atoms with Gasteiger partial charge < -0.3 is 14.2 Å². The molecule has 3 heterocycles. The molecular weight excluding hydrogens is 430 g/mol. The van der Waals surface area contributed by atoms with Crippen LogP contribution in [-0.4, -0.2) is 32.3 Å². The predicted octanol–water partition coefficient (Wildman–Crippen LogP) is 3.15. The van der Waals surface area contributed by atoms with Crippen LogP contribution in [-0.2, 0) is 20.1 Å². The maximum atomic E-state index is 13.5. The molecule has 4 aromatic rings. The van der Waals surface area contributed by atoms with Gasteiger partial charge in [-0.15, -0.1) is 0 Å². The van der Waals surface area contributed by atoms with Gasteiger partial charge in [0.05, 0.1) is 13.7 Å². The first-order valence-electron chi connectivity index (χ1n) is 10.3. The molecular formula is C23H22ClN5O3. The molecule has 5 rings (SSSR count). The molecule has 0 radical (unpaired) electrons. The first-order chi connectivity index (χ1) is 15.5. The van der Waals surface area contributed by atoms with E-state index in [9.17, 15) is 9.59 Å². The van der Waals surface area contributed by atoms with Crippen molar-refractivity contribution in [1.29, 1.82) is 0 Å². The van der Waals surface area contributed by atoms with E-state index in [-0.39, 0.29) is 12.1 Å². The number of fused-ring (bicyclic) bond motifs is 3.